The number of benzene rings is 1. The molecule has 5 heteroatoms. The number of nitrogens with two attached hydrogens (primary N) is 1. The van der Waals surface area contributed by atoms with Gasteiger partial charge in [0.1, 0.15) is 11.4 Å². The third-order valence-electron chi connectivity index (χ3n) is 2.37. The predicted octanol–water partition coefficient (Wildman–Crippen LogP) is 2.54. The molecule has 0 aliphatic heterocycles. The number of carbonyl (C=O) groups excluding carboxylic acids is 1. The van der Waals surface area contributed by atoms with Crippen LogP contribution in [0.2, 0.25) is 0 Å². The molecule has 0 spiro atoms. The van der Waals surface area contributed by atoms with Crippen molar-refractivity contribution in [1.29, 1.82) is 0 Å². The zero-order valence-electron chi connectivity index (χ0n) is 11.9. The van der Waals surface area contributed by atoms with Gasteiger partial charge in [-0.25, -0.2) is 4.79 Å². The SMILES string of the molecule is COc1ccc(CCN)c(NC(=O)OC(C)(C)C)c1. The van der Waals surface area contributed by atoms with Gasteiger partial charge in [0.05, 0.1) is 12.8 Å². The van der Waals surface area contributed by atoms with Crippen LogP contribution in [0.15, 0.2) is 18.2 Å². The predicted molar refractivity (Wildman–Crippen MR) is 75.6 cm³/mol. The quantitative estimate of drug-likeness (QED) is 0.878. The maximum Gasteiger partial charge on any atom is 0.412 e. The third kappa shape index (κ3) is 5.18. The molecule has 0 saturated carbocycles. The van der Waals surface area contributed by atoms with Gasteiger partial charge in [-0.15, -0.1) is 0 Å². The lowest BCUT2D eigenvalue weighted by Gasteiger charge is -2.20. The van der Waals surface area contributed by atoms with E-state index < -0.39 is 11.7 Å². The normalized spacial score (nSPS) is 11.0. The zero-order chi connectivity index (χ0) is 14.5. The molecular formula is C14H22N2O3. The van der Waals surface area contributed by atoms with Gasteiger partial charge >= 0.3 is 6.09 Å². The van der Waals surface area contributed by atoms with Gasteiger partial charge in [-0.2, -0.15) is 0 Å². The minimum atomic E-state index is -0.531. The summed E-state index contributed by atoms with van der Waals surface area (Å²) in [5.74, 6) is 0.673. The summed E-state index contributed by atoms with van der Waals surface area (Å²) in [6.07, 6.45) is 0.189. The van der Waals surface area contributed by atoms with Gasteiger partial charge in [-0.3, -0.25) is 5.32 Å². The van der Waals surface area contributed by atoms with Crippen LogP contribution in [0.25, 0.3) is 0 Å². The smallest absolute Gasteiger partial charge is 0.412 e. The lowest BCUT2D eigenvalue weighted by molar-refractivity contribution is 0.0636. The molecule has 0 aliphatic rings. The summed E-state index contributed by atoms with van der Waals surface area (Å²) in [7, 11) is 1.58. The fourth-order valence-corrected chi connectivity index (χ4v) is 1.59. The van der Waals surface area contributed by atoms with Crippen molar-refractivity contribution in [3.8, 4) is 5.75 Å². The van der Waals surface area contributed by atoms with Crippen LogP contribution in [0.3, 0.4) is 0 Å². The van der Waals surface area contributed by atoms with E-state index in [0.717, 1.165) is 5.56 Å². The molecule has 1 rings (SSSR count). The lowest BCUT2D eigenvalue weighted by Crippen LogP contribution is -2.27. The minimum absolute atomic E-state index is 0.487. The van der Waals surface area contributed by atoms with Crippen LogP contribution >= 0.6 is 0 Å². The molecule has 0 radical (unpaired) electrons. The molecular weight excluding hydrogens is 244 g/mol. The first-order valence-electron chi connectivity index (χ1n) is 6.22. The Hall–Kier alpha value is -1.75. The van der Waals surface area contributed by atoms with Gasteiger partial charge in [-0.1, -0.05) is 6.07 Å². The monoisotopic (exact) mass is 266 g/mol. The highest BCUT2D eigenvalue weighted by atomic mass is 16.6. The van der Waals surface area contributed by atoms with Gasteiger partial charge in [0.25, 0.3) is 0 Å². The van der Waals surface area contributed by atoms with Gasteiger partial charge in [0.15, 0.2) is 0 Å². The highest BCUT2D eigenvalue weighted by Crippen LogP contribution is 2.23. The Kier molecular flexibility index (Phi) is 5.18. The Bertz CT molecular complexity index is 439. The first-order valence-corrected chi connectivity index (χ1v) is 6.22. The summed E-state index contributed by atoms with van der Waals surface area (Å²) < 4.78 is 10.4. The van der Waals surface area contributed by atoms with E-state index in [1.165, 1.54) is 0 Å². The second kappa shape index (κ2) is 6.43. The van der Waals surface area contributed by atoms with Crippen molar-refractivity contribution in [2.24, 2.45) is 5.73 Å². The van der Waals surface area contributed by atoms with Crippen molar-refractivity contribution in [3.63, 3.8) is 0 Å². The van der Waals surface area contributed by atoms with Crippen LogP contribution in [0, 0.1) is 0 Å². The highest BCUT2D eigenvalue weighted by molar-refractivity contribution is 5.86. The number of hydrogen-bond acceptors (Lipinski definition) is 4. The number of methoxy groups -OCH3 is 1. The number of anilines is 1. The zero-order valence-corrected chi connectivity index (χ0v) is 11.9. The molecule has 1 aromatic carbocycles. The van der Waals surface area contributed by atoms with Crippen LogP contribution in [-0.2, 0) is 11.2 Å². The summed E-state index contributed by atoms with van der Waals surface area (Å²) in [5, 5.41) is 2.73. The van der Waals surface area contributed by atoms with Crippen LogP contribution in [0.4, 0.5) is 10.5 Å². The Morgan fingerprint density at radius 2 is 2.05 bits per heavy atom. The Morgan fingerprint density at radius 3 is 2.58 bits per heavy atom. The summed E-state index contributed by atoms with van der Waals surface area (Å²) >= 11 is 0. The number of rotatable bonds is 4. The number of amides is 1. The van der Waals surface area contributed by atoms with E-state index in [2.05, 4.69) is 5.32 Å². The lowest BCUT2D eigenvalue weighted by atomic mass is 10.1. The van der Waals surface area contributed by atoms with Gasteiger partial charge in [0, 0.05) is 6.07 Å². The second-order valence-electron chi connectivity index (χ2n) is 5.19. The first-order chi connectivity index (χ1) is 8.85. The van der Waals surface area contributed by atoms with Crippen LogP contribution in [-0.4, -0.2) is 25.3 Å². The first kappa shape index (κ1) is 15.3. The molecule has 3 N–H and O–H groups in total. The molecule has 0 atom stereocenters. The molecule has 19 heavy (non-hydrogen) atoms. The molecule has 0 heterocycles. The van der Waals surface area contributed by atoms with Crippen molar-refractivity contribution in [2.75, 3.05) is 19.0 Å². The van der Waals surface area contributed by atoms with E-state index in [-0.39, 0.29) is 0 Å². The van der Waals surface area contributed by atoms with Crippen molar-refractivity contribution < 1.29 is 14.3 Å². The number of ether oxygens (including phenoxy) is 2. The molecule has 0 aliphatic carbocycles. The van der Waals surface area contributed by atoms with Crippen LogP contribution < -0.4 is 15.8 Å². The standard InChI is InChI=1S/C14H22N2O3/c1-14(2,3)19-13(17)16-12-9-11(18-4)6-5-10(12)7-8-15/h5-6,9H,7-8,15H2,1-4H3,(H,16,17). The molecule has 1 aromatic rings. The van der Waals surface area contributed by atoms with Crippen LogP contribution in [0.5, 0.6) is 5.75 Å². The maximum atomic E-state index is 11.8. The molecule has 0 bridgehead atoms. The summed E-state index contributed by atoms with van der Waals surface area (Å²) in [4.78, 5) is 11.8. The summed E-state index contributed by atoms with van der Waals surface area (Å²) in [6, 6.07) is 5.48. The molecule has 0 aromatic heterocycles. The molecule has 5 nitrogen and oxygen atoms in total. The average molecular weight is 266 g/mol. The Morgan fingerprint density at radius 1 is 1.37 bits per heavy atom. The molecule has 0 unspecified atom stereocenters. The summed E-state index contributed by atoms with van der Waals surface area (Å²) in [5.41, 5.74) is 6.65. The fraction of sp³-hybridized carbons (Fsp3) is 0.500. The van der Waals surface area contributed by atoms with E-state index in [1.54, 1.807) is 13.2 Å². The van der Waals surface area contributed by atoms with E-state index in [9.17, 15) is 4.79 Å². The Balaban J connectivity index is 2.87. The van der Waals surface area contributed by atoms with Gasteiger partial charge < -0.3 is 15.2 Å². The number of hydrogen-bond donors (Lipinski definition) is 2. The van der Waals surface area contributed by atoms with E-state index in [1.807, 2.05) is 32.9 Å². The summed E-state index contributed by atoms with van der Waals surface area (Å²) in [6.45, 7) is 5.96. The van der Waals surface area contributed by atoms with E-state index in [4.69, 9.17) is 15.2 Å². The fourth-order valence-electron chi connectivity index (χ4n) is 1.59. The third-order valence-corrected chi connectivity index (χ3v) is 2.37. The van der Waals surface area contributed by atoms with Crippen LogP contribution in [0.1, 0.15) is 26.3 Å². The van der Waals surface area contributed by atoms with Crippen molar-refractivity contribution in [1.82, 2.24) is 0 Å². The van der Waals surface area contributed by atoms with Crippen molar-refractivity contribution in [2.45, 2.75) is 32.8 Å². The Labute approximate surface area is 114 Å². The van der Waals surface area contributed by atoms with Gasteiger partial charge in [0.2, 0.25) is 0 Å². The van der Waals surface area contributed by atoms with Crippen molar-refractivity contribution >= 4 is 11.8 Å². The maximum absolute atomic E-state index is 11.8. The topological polar surface area (TPSA) is 73.6 Å². The highest BCUT2D eigenvalue weighted by Gasteiger charge is 2.17. The molecule has 106 valence electrons. The van der Waals surface area contributed by atoms with Gasteiger partial charge in [-0.05, 0) is 45.4 Å². The number of carbonyl (C=O) groups is 1. The average Bonchev–Trinajstić information content (AvgIpc) is 2.29. The second-order valence-corrected chi connectivity index (χ2v) is 5.19. The minimum Gasteiger partial charge on any atom is -0.497 e. The van der Waals surface area contributed by atoms with Crippen molar-refractivity contribution in [3.05, 3.63) is 23.8 Å². The molecule has 0 fully saturated rings. The van der Waals surface area contributed by atoms with E-state index >= 15 is 0 Å². The largest absolute Gasteiger partial charge is 0.497 e. The van der Waals surface area contributed by atoms with E-state index in [0.29, 0.717) is 24.4 Å². The molecule has 1 amide bonds. The molecule has 0 saturated heterocycles. The number of nitrogens with one attached hydrogen (secondary N) is 1.